The molecule has 0 unspecified atom stereocenters. The maximum atomic E-state index is 12.3. The molecule has 6 nitrogen and oxygen atoms in total. The smallest absolute Gasteiger partial charge is 0.224 e. The van der Waals surface area contributed by atoms with Gasteiger partial charge in [0.1, 0.15) is 5.82 Å². The number of hydrogen-bond acceptors (Lipinski definition) is 4. The summed E-state index contributed by atoms with van der Waals surface area (Å²) in [6, 6.07) is 11.2. The van der Waals surface area contributed by atoms with E-state index in [1.807, 2.05) is 35.2 Å². The molecule has 1 aliphatic rings. The van der Waals surface area contributed by atoms with Gasteiger partial charge >= 0.3 is 0 Å². The SMILES string of the molecule is CC(=O)N1CCN(c2ncccc2CNC(=O)Cc2ccccc2Cl)CC1. The van der Waals surface area contributed by atoms with Gasteiger partial charge in [0.25, 0.3) is 0 Å². The van der Waals surface area contributed by atoms with Crippen LogP contribution in [-0.2, 0) is 22.6 Å². The molecule has 2 heterocycles. The highest BCUT2D eigenvalue weighted by Gasteiger charge is 2.21. The largest absolute Gasteiger partial charge is 0.353 e. The second-order valence-electron chi connectivity index (χ2n) is 6.52. The first-order chi connectivity index (χ1) is 13.0. The van der Waals surface area contributed by atoms with Gasteiger partial charge in [0, 0.05) is 56.4 Å². The molecule has 2 aromatic rings. The maximum Gasteiger partial charge on any atom is 0.224 e. The Kier molecular flexibility index (Phi) is 6.29. The van der Waals surface area contributed by atoms with E-state index in [4.69, 9.17) is 11.6 Å². The van der Waals surface area contributed by atoms with E-state index in [1.54, 1.807) is 19.2 Å². The van der Waals surface area contributed by atoms with Crippen molar-refractivity contribution in [1.82, 2.24) is 15.2 Å². The Morgan fingerprint density at radius 2 is 1.78 bits per heavy atom. The normalized spacial score (nSPS) is 14.1. The van der Waals surface area contributed by atoms with E-state index >= 15 is 0 Å². The van der Waals surface area contributed by atoms with E-state index in [9.17, 15) is 9.59 Å². The summed E-state index contributed by atoms with van der Waals surface area (Å²) >= 11 is 6.12. The van der Waals surface area contributed by atoms with Crippen molar-refractivity contribution in [3.8, 4) is 0 Å². The van der Waals surface area contributed by atoms with Crippen molar-refractivity contribution in [1.29, 1.82) is 0 Å². The van der Waals surface area contributed by atoms with Crippen molar-refractivity contribution >= 4 is 29.2 Å². The summed E-state index contributed by atoms with van der Waals surface area (Å²) < 4.78 is 0. The number of hydrogen-bond donors (Lipinski definition) is 1. The summed E-state index contributed by atoms with van der Waals surface area (Å²) in [4.78, 5) is 32.3. The minimum atomic E-state index is -0.0840. The Morgan fingerprint density at radius 3 is 2.48 bits per heavy atom. The third-order valence-electron chi connectivity index (χ3n) is 4.68. The van der Waals surface area contributed by atoms with E-state index in [0.717, 1.165) is 30.0 Å². The first-order valence-corrected chi connectivity index (χ1v) is 9.37. The second-order valence-corrected chi connectivity index (χ2v) is 6.93. The Morgan fingerprint density at radius 1 is 1.07 bits per heavy atom. The van der Waals surface area contributed by atoms with Gasteiger partial charge in [-0.25, -0.2) is 4.98 Å². The van der Waals surface area contributed by atoms with Crippen molar-refractivity contribution in [3.05, 3.63) is 58.7 Å². The van der Waals surface area contributed by atoms with Gasteiger partial charge in [-0.1, -0.05) is 35.9 Å². The summed E-state index contributed by atoms with van der Waals surface area (Å²) in [7, 11) is 0. The number of pyridine rings is 1. The predicted octanol–water partition coefficient (Wildman–Crippen LogP) is 2.26. The highest BCUT2D eigenvalue weighted by molar-refractivity contribution is 6.31. The number of carbonyl (C=O) groups excluding carboxylic acids is 2. The third-order valence-corrected chi connectivity index (χ3v) is 5.05. The predicted molar refractivity (Wildman–Crippen MR) is 106 cm³/mol. The van der Waals surface area contributed by atoms with Crippen LogP contribution in [0.15, 0.2) is 42.6 Å². The summed E-state index contributed by atoms with van der Waals surface area (Å²) in [5, 5.41) is 3.55. The standard InChI is InChI=1S/C20H23ClN4O2/c1-15(26)24-9-11-25(12-10-24)20-17(6-4-8-22-20)14-23-19(27)13-16-5-2-3-7-18(16)21/h2-8H,9-14H2,1H3,(H,23,27). The van der Waals surface area contributed by atoms with Gasteiger partial charge < -0.3 is 15.1 Å². The summed E-state index contributed by atoms with van der Waals surface area (Å²) in [5.41, 5.74) is 1.77. The van der Waals surface area contributed by atoms with Crippen LogP contribution in [0.25, 0.3) is 0 Å². The molecule has 0 bridgehead atoms. The van der Waals surface area contributed by atoms with Crippen molar-refractivity contribution in [2.75, 3.05) is 31.1 Å². The lowest BCUT2D eigenvalue weighted by Gasteiger charge is -2.35. The number of carbonyl (C=O) groups is 2. The van der Waals surface area contributed by atoms with Crippen LogP contribution >= 0.6 is 11.6 Å². The van der Waals surface area contributed by atoms with Gasteiger partial charge in [0.15, 0.2) is 0 Å². The molecule has 0 aliphatic carbocycles. The van der Waals surface area contributed by atoms with Crippen molar-refractivity contribution in [3.63, 3.8) is 0 Å². The Labute approximate surface area is 164 Å². The molecule has 0 saturated carbocycles. The summed E-state index contributed by atoms with van der Waals surface area (Å²) in [5.74, 6) is 0.876. The molecule has 142 valence electrons. The van der Waals surface area contributed by atoms with E-state index < -0.39 is 0 Å². The minimum absolute atomic E-state index is 0.0840. The van der Waals surface area contributed by atoms with Crippen LogP contribution in [0.5, 0.6) is 0 Å². The fraction of sp³-hybridized carbons (Fsp3) is 0.350. The molecule has 1 aromatic carbocycles. The van der Waals surface area contributed by atoms with Crippen molar-refractivity contribution in [2.24, 2.45) is 0 Å². The molecule has 0 atom stereocenters. The van der Waals surface area contributed by atoms with Gasteiger partial charge in [-0.05, 0) is 17.7 Å². The zero-order chi connectivity index (χ0) is 19.2. The maximum absolute atomic E-state index is 12.3. The van der Waals surface area contributed by atoms with E-state index in [1.165, 1.54) is 0 Å². The first kappa shape index (κ1) is 19.2. The van der Waals surface area contributed by atoms with Crippen LogP contribution < -0.4 is 10.2 Å². The van der Waals surface area contributed by atoms with Gasteiger partial charge in [-0.2, -0.15) is 0 Å². The highest BCUT2D eigenvalue weighted by atomic mass is 35.5. The minimum Gasteiger partial charge on any atom is -0.353 e. The van der Waals surface area contributed by atoms with Crippen LogP contribution in [0.3, 0.4) is 0 Å². The molecule has 3 rings (SSSR count). The van der Waals surface area contributed by atoms with E-state index in [2.05, 4.69) is 15.2 Å². The number of nitrogens with one attached hydrogen (secondary N) is 1. The molecule has 2 amide bonds. The number of anilines is 1. The van der Waals surface area contributed by atoms with Gasteiger partial charge in [-0.3, -0.25) is 9.59 Å². The molecule has 27 heavy (non-hydrogen) atoms. The van der Waals surface area contributed by atoms with Crippen molar-refractivity contribution in [2.45, 2.75) is 19.9 Å². The van der Waals surface area contributed by atoms with Crippen LogP contribution in [0.1, 0.15) is 18.1 Å². The topological polar surface area (TPSA) is 65.5 Å². The second kappa shape index (κ2) is 8.86. The fourth-order valence-electron chi connectivity index (χ4n) is 3.16. The lowest BCUT2D eigenvalue weighted by molar-refractivity contribution is -0.129. The van der Waals surface area contributed by atoms with Crippen LogP contribution in [0.4, 0.5) is 5.82 Å². The molecular weight excluding hydrogens is 364 g/mol. The number of nitrogens with zero attached hydrogens (tertiary/aromatic N) is 3. The molecule has 1 aliphatic heterocycles. The number of rotatable bonds is 5. The quantitative estimate of drug-likeness (QED) is 0.856. The van der Waals surface area contributed by atoms with E-state index in [-0.39, 0.29) is 18.2 Å². The molecule has 1 saturated heterocycles. The lowest BCUT2D eigenvalue weighted by Crippen LogP contribution is -2.48. The Hall–Kier alpha value is -2.60. The van der Waals surface area contributed by atoms with E-state index in [0.29, 0.717) is 24.7 Å². The summed E-state index contributed by atoms with van der Waals surface area (Å²) in [6.45, 7) is 4.83. The fourth-order valence-corrected chi connectivity index (χ4v) is 3.36. The lowest BCUT2D eigenvalue weighted by atomic mass is 10.1. The van der Waals surface area contributed by atoms with Crippen LogP contribution in [-0.4, -0.2) is 47.9 Å². The molecule has 1 aromatic heterocycles. The molecule has 7 heteroatoms. The number of amides is 2. The zero-order valence-corrected chi connectivity index (χ0v) is 16.1. The Balaban J connectivity index is 1.60. The molecular formula is C20H23ClN4O2. The van der Waals surface area contributed by atoms with Crippen molar-refractivity contribution < 1.29 is 9.59 Å². The average molecular weight is 387 g/mol. The molecule has 0 radical (unpaired) electrons. The summed E-state index contributed by atoms with van der Waals surface area (Å²) in [6.07, 6.45) is 1.99. The number of halogens is 1. The number of benzene rings is 1. The van der Waals surface area contributed by atoms with Gasteiger partial charge in [-0.15, -0.1) is 0 Å². The third kappa shape index (κ3) is 4.98. The number of aromatic nitrogens is 1. The zero-order valence-electron chi connectivity index (χ0n) is 15.3. The molecule has 1 N–H and O–H groups in total. The first-order valence-electron chi connectivity index (χ1n) is 8.99. The van der Waals surface area contributed by atoms with Crippen LogP contribution in [0, 0.1) is 0 Å². The molecule has 0 spiro atoms. The monoisotopic (exact) mass is 386 g/mol. The average Bonchev–Trinajstić information content (AvgIpc) is 2.68. The van der Waals surface area contributed by atoms with Gasteiger partial charge in [0.2, 0.25) is 11.8 Å². The van der Waals surface area contributed by atoms with Gasteiger partial charge in [0.05, 0.1) is 6.42 Å². The van der Waals surface area contributed by atoms with Crippen LogP contribution in [0.2, 0.25) is 5.02 Å². The molecule has 1 fully saturated rings. The Bertz CT molecular complexity index is 819. The number of piperazine rings is 1. The highest BCUT2D eigenvalue weighted by Crippen LogP contribution is 2.19.